The third-order valence-corrected chi connectivity index (χ3v) is 9.33. The van der Waals surface area contributed by atoms with E-state index in [1.165, 1.54) is 15.3 Å². The molecular weight excluding hydrogens is 480 g/mol. The molecule has 3 N–H and O–H groups in total. The normalized spacial score (nSPS) is 24.3. The van der Waals surface area contributed by atoms with E-state index in [2.05, 4.69) is 59.6 Å². The molecule has 202 valence electrons. The number of nitrogens with two attached hydrogens (primary N) is 1. The molecule has 1 aliphatic heterocycles. The number of hydrogen-bond acceptors (Lipinski definition) is 5. The van der Waals surface area contributed by atoms with Crippen molar-refractivity contribution in [3.63, 3.8) is 0 Å². The Bertz CT molecular complexity index is 1000. The highest BCUT2D eigenvalue weighted by molar-refractivity contribution is 7.11. The van der Waals surface area contributed by atoms with Crippen LogP contribution in [0, 0.1) is 18.8 Å². The van der Waals surface area contributed by atoms with Crippen LogP contribution in [0.15, 0.2) is 42.5 Å². The maximum absolute atomic E-state index is 13.4. The van der Waals surface area contributed by atoms with Gasteiger partial charge in [0.15, 0.2) is 0 Å². The molecule has 1 saturated heterocycles. The molecule has 7 heteroatoms. The maximum atomic E-state index is 13.4. The average Bonchev–Trinajstić information content (AvgIpc) is 3.34. The predicted octanol–water partition coefficient (Wildman–Crippen LogP) is 4.36. The number of nitrogens with one attached hydrogen (secondary N) is 1. The van der Waals surface area contributed by atoms with Crippen LogP contribution in [0.25, 0.3) is 0 Å². The first-order valence-electron chi connectivity index (χ1n) is 14.0. The molecule has 4 rings (SSSR count). The van der Waals surface area contributed by atoms with Crippen LogP contribution in [0.4, 0.5) is 0 Å². The van der Waals surface area contributed by atoms with Crippen molar-refractivity contribution >= 4 is 23.2 Å². The Hall–Kier alpha value is -2.22. The van der Waals surface area contributed by atoms with Gasteiger partial charge in [-0.2, -0.15) is 0 Å². The summed E-state index contributed by atoms with van der Waals surface area (Å²) < 4.78 is 0. The maximum Gasteiger partial charge on any atom is 0.242 e. The SMILES string of the molecule is CC(=O)N1CCC(N(CCc2ccccc2)Cc2ccc(C)s2)C[C@@H]1C(=O)NCC1CCC(CN)CC1. The minimum absolute atomic E-state index is 0.00762. The van der Waals surface area contributed by atoms with Gasteiger partial charge in [0.25, 0.3) is 0 Å². The van der Waals surface area contributed by atoms with Crippen LogP contribution in [-0.2, 0) is 22.6 Å². The zero-order valence-electron chi connectivity index (χ0n) is 22.5. The van der Waals surface area contributed by atoms with Crippen molar-refractivity contribution < 1.29 is 9.59 Å². The van der Waals surface area contributed by atoms with E-state index in [0.29, 0.717) is 31.3 Å². The van der Waals surface area contributed by atoms with E-state index in [0.717, 1.165) is 58.2 Å². The molecule has 1 aromatic heterocycles. The number of nitrogens with zero attached hydrogens (tertiary/aromatic N) is 2. The van der Waals surface area contributed by atoms with Gasteiger partial charge in [-0.25, -0.2) is 0 Å². The molecule has 2 fully saturated rings. The number of likely N-dealkylation sites (tertiary alicyclic amines) is 1. The average molecular weight is 525 g/mol. The summed E-state index contributed by atoms with van der Waals surface area (Å²) in [5.41, 5.74) is 7.17. The minimum Gasteiger partial charge on any atom is -0.354 e. The second-order valence-corrected chi connectivity index (χ2v) is 12.4. The highest BCUT2D eigenvalue weighted by Crippen LogP contribution is 2.29. The summed E-state index contributed by atoms with van der Waals surface area (Å²) in [5.74, 6) is 1.15. The van der Waals surface area contributed by atoms with Crippen LogP contribution < -0.4 is 11.1 Å². The number of benzene rings is 1. The third kappa shape index (κ3) is 7.88. The van der Waals surface area contributed by atoms with Gasteiger partial charge in [0.1, 0.15) is 6.04 Å². The Labute approximate surface area is 226 Å². The van der Waals surface area contributed by atoms with Crippen molar-refractivity contribution in [1.82, 2.24) is 15.1 Å². The molecule has 1 aromatic carbocycles. The smallest absolute Gasteiger partial charge is 0.242 e. The van der Waals surface area contributed by atoms with Crippen molar-refractivity contribution in [3.05, 3.63) is 57.8 Å². The molecule has 0 spiro atoms. The summed E-state index contributed by atoms with van der Waals surface area (Å²) in [4.78, 5) is 33.0. The second kappa shape index (κ2) is 13.5. The first-order chi connectivity index (χ1) is 17.9. The van der Waals surface area contributed by atoms with Crippen molar-refractivity contribution in [2.24, 2.45) is 17.6 Å². The summed E-state index contributed by atoms with van der Waals surface area (Å²) >= 11 is 1.85. The van der Waals surface area contributed by atoms with Crippen molar-refractivity contribution in [2.75, 3.05) is 26.2 Å². The third-order valence-electron chi connectivity index (χ3n) is 8.35. The second-order valence-electron chi connectivity index (χ2n) is 11.0. The fraction of sp³-hybridized carbons (Fsp3) is 0.600. The zero-order valence-corrected chi connectivity index (χ0v) is 23.3. The van der Waals surface area contributed by atoms with Gasteiger partial charge >= 0.3 is 0 Å². The molecule has 2 heterocycles. The number of carbonyl (C=O) groups is 2. The number of rotatable bonds is 10. The van der Waals surface area contributed by atoms with Crippen molar-refractivity contribution in [3.8, 4) is 0 Å². The number of piperidine rings is 1. The first-order valence-corrected chi connectivity index (χ1v) is 14.8. The molecule has 1 saturated carbocycles. The summed E-state index contributed by atoms with van der Waals surface area (Å²) in [6.07, 6.45) is 7.11. The molecule has 1 unspecified atom stereocenters. The van der Waals surface area contributed by atoms with Gasteiger partial charge in [0.05, 0.1) is 0 Å². The van der Waals surface area contributed by atoms with Crippen molar-refractivity contribution in [1.29, 1.82) is 0 Å². The van der Waals surface area contributed by atoms with Gasteiger partial charge in [-0.05, 0) is 87.9 Å². The summed E-state index contributed by atoms with van der Waals surface area (Å²) in [6.45, 7) is 7.66. The Morgan fingerprint density at radius 2 is 1.78 bits per heavy atom. The number of hydrogen-bond donors (Lipinski definition) is 2. The molecule has 2 aliphatic rings. The van der Waals surface area contributed by atoms with E-state index in [1.807, 2.05) is 11.3 Å². The van der Waals surface area contributed by atoms with E-state index in [-0.39, 0.29) is 17.9 Å². The summed E-state index contributed by atoms with van der Waals surface area (Å²) in [5, 5.41) is 3.23. The monoisotopic (exact) mass is 524 g/mol. The van der Waals surface area contributed by atoms with E-state index in [9.17, 15) is 9.59 Å². The molecule has 1 aliphatic carbocycles. The Balaban J connectivity index is 1.42. The number of amides is 2. The van der Waals surface area contributed by atoms with Gasteiger partial charge < -0.3 is 16.0 Å². The number of carbonyl (C=O) groups excluding carboxylic acids is 2. The lowest BCUT2D eigenvalue weighted by atomic mass is 9.82. The summed E-state index contributed by atoms with van der Waals surface area (Å²) in [7, 11) is 0. The number of thiophene rings is 1. The lowest BCUT2D eigenvalue weighted by Gasteiger charge is -2.42. The Morgan fingerprint density at radius 3 is 2.43 bits per heavy atom. The summed E-state index contributed by atoms with van der Waals surface area (Å²) in [6, 6.07) is 14.9. The Morgan fingerprint density at radius 1 is 1.05 bits per heavy atom. The first kappa shape index (κ1) is 27.8. The fourth-order valence-electron chi connectivity index (χ4n) is 6.02. The highest BCUT2D eigenvalue weighted by atomic mass is 32.1. The van der Waals surface area contributed by atoms with Crippen LogP contribution >= 0.6 is 11.3 Å². The molecule has 2 aromatic rings. The van der Waals surface area contributed by atoms with E-state index in [4.69, 9.17) is 5.73 Å². The molecule has 0 bridgehead atoms. The van der Waals surface area contributed by atoms with Gasteiger partial charge in [-0.1, -0.05) is 30.3 Å². The van der Waals surface area contributed by atoms with Crippen LogP contribution in [0.5, 0.6) is 0 Å². The molecule has 2 amide bonds. The van der Waals surface area contributed by atoms with Crippen LogP contribution in [0.2, 0.25) is 0 Å². The standard InChI is InChI=1S/C30H44N4O2S/c1-22-8-13-28(37-22)21-33(16-14-24-6-4-3-5-7-24)27-15-17-34(23(2)35)29(18-27)30(36)32-20-26-11-9-25(19-31)10-12-26/h3-8,13,25-27,29H,9-12,14-21,31H2,1-2H3,(H,32,36)/t25?,26?,27?,29-/m1/s1. The Kier molecular flexibility index (Phi) is 10.2. The molecule has 2 atom stereocenters. The van der Waals surface area contributed by atoms with Gasteiger partial charge in [-0.15, -0.1) is 11.3 Å². The largest absolute Gasteiger partial charge is 0.354 e. The van der Waals surface area contributed by atoms with Gasteiger partial charge in [0, 0.05) is 48.9 Å². The predicted molar refractivity (Wildman–Crippen MR) is 151 cm³/mol. The lowest BCUT2D eigenvalue weighted by molar-refractivity contribution is -0.142. The molecule has 6 nitrogen and oxygen atoms in total. The van der Waals surface area contributed by atoms with E-state index < -0.39 is 6.04 Å². The quantitative estimate of drug-likeness (QED) is 0.484. The molecule has 0 radical (unpaired) electrons. The minimum atomic E-state index is -0.402. The van der Waals surface area contributed by atoms with Crippen LogP contribution in [0.1, 0.15) is 60.8 Å². The van der Waals surface area contributed by atoms with Gasteiger partial charge in [0.2, 0.25) is 11.8 Å². The number of aryl methyl sites for hydroxylation is 1. The molecule has 37 heavy (non-hydrogen) atoms. The topological polar surface area (TPSA) is 78.7 Å². The fourth-order valence-corrected chi connectivity index (χ4v) is 6.93. The van der Waals surface area contributed by atoms with Crippen LogP contribution in [0.3, 0.4) is 0 Å². The highest BCUT2D eigenvalue weighted by Gasteiger charge is 2.37. The lowest BCUT2D eigenvalue weighted by Crippen LogP contribution is -2.57. The zero-order chi connectivity index (χ0) is 26.2. The van der Waals surface area contributed by atoms with Crippen LogP contribution in [-0.4, -0.2) is 59.9 Å². The van der Waals surface area contributed by atoms with Crippen molar-refractivity contribution in [2.45, 2.75) is 77.4 Å². The van der Waals surface area contributed by atoms with E-state index in [1.54, 1.807) is 11.8 Å². The van der Waals surface area contributed by atoms with E-state index >= 15 is 0 Å². The van der Waals surface area contributed by atoms with Gasteiger partial charge in [-0.3, -0.25) is 14.5 Å². The molecular formula is C30H44N4O2S.